The van der Waals surface area contributed by atoms with Crippen molar-refractivity contribution in [1.82, 2.24) is 19.9 Å². The number of esters is 1. The van der Waals surface area contributed by atoms with Crippen LogP contribution in [0, 0.1) is 19.7 Å². The molecular formula is C32H30FN5O3. The number of carbonyl (C=O) groups excluding carboxylic acids is 1. The lowest BCUT2D eigenvalue weighted by Gasteiger charge is -2.25. The monoisotopic (exact) mass is 551 g/mol. The molecule has 0 amide bonds. The number of anilines is 1. The lowest BCUT2D eigenvalue weighted by Crippen LogP contribution is -2.28. The van der Waals surface area contributed by atoms with E-state index < -0.39 is 5.97 Å². The van der Waals surface area contributed by atoms with Crippen molar-refractivity contribution < 1.29 is 18.7 Å². The van der Waals surface area contributed by atoms with Gasteiger partial charge < -0.3 is 19.4 Å². The van der Waals surface area contributed by atoms with E-state index in [4.69, 9.17) is 14.5 Å². The fraction of sp³-hybridized carbons (Fsp3) is 0.250. The molecule has 1 N–H and O–H groups in total. The number of halogens is 1. The van der Waals surface area contributed by atoms with Crippen LogP contribution in [-0.4, -0.2) is 39.1 Å². The average molecular weight is 552 g/mol. The van der Waals surface area contributed by atoms with E-state index in [9.17, 15) is 9.18 Å². The van der Waals surface area contributed by atoms with Crippen molar-refractivity contribution in [1.29, 1.82) is 0 Å². The molecule has 0 atom stereocenters. The van der Waals surface area contributed by atoms with E-state index in [1.54, 1.807) is 12.1 Å². The van der Waals surface area contributed by atoms with Gasteiger partial charge in [0, 0.05) is 36.7 Å². The first-order valence-electron chi connectivity index (χ1n) is 13.5. The predicted octanol–water partition coefficient (Wildman–Crippen LogP) is 5.83. The second-order valence-electron chi connectivity index (χ2n) is 10.3. The predicted molar refractivity (Wildman–Crippen MR) is 154 cm³/mol. The minimum absolute atomic E-state index is 0.0133. The Balaban J connectivity index is 1.37. The molecule has 8 nitrogen and oxygen atoms in total. The topological polar surface area (TPSA) is 93.2 Å². The molecule has 0 radical (unpaired) electrons. The molecule has 0 unspecified atom stereocenters. The van der Waals surface area contributed by atoms with Crippen LogP contribution in [0.4, 0.5) is 10.2 Å². The Morgan fingerprint density at radius 1 is 1.02 bits per heavy atom. The Morgan fingerprint density at radius 3 is 2.61 bits per heavy atom. The number of hydrogen-bond donors (Lipinski definition) is 1. The number of ether oxygens (including phenoxy) is 2. The third kappa shape index (κ3) is 5.75. The molecule has 6 rings (SSSR count). The number of rotatable bonds is 6. The maximum absolute atomic E-state index is 13.6. The number of nitrogens with one attached hydrogen (secondary N) is 1. The summed E-state index contributed by atoms with van der Waals surface area (Å²) in [5.74, 6) is 2.22. The fourth-order valence-electron chi connectivity index (χ4n) is 5.21. The van der Waals surface area contributed by atoms with Gasteiger partial charge in [0.15, 0.2) is 12.4 Å². The van der Waals surface area contributed by atoms with Gasteiger partial charge in [-0.2, -0.15) is 0 Å². The van der Waals surface area contributed by atoms with Crippen LogP contribution in [0.2, 0.25) is 0 Å². The van der Waals surface area contributed by atoms with Crippen molar-refractivity contribution in [3.05, 3.63) is 101 Å². The molecule has 3 aromatic carbocycles. The van der Waals surface area contributed by atoms with Gasteiger partial charge in [-0.3, -0.25) is 4.79 Å². The van der Waals surface area contributed by atoms with Crippen molar-refractivity contribution in [2.45, 2.75) is 40.3 Å². The normalized spacial score (nSPS) is 13.0. The Labute approximate surface area is 237 Å². The summed E-state index contributed by atoms with van der Waals surface area (Å²) in [5.41, 5.74) is 7.79. The quantitative estimate of drug-likeness (QED) is 0.266. The number of aryl methyl sites for hydroxylation is 2. The van der Waals surface area contributed by atoms with Gasteiger partial charge in [-0.15, -0.1) is 0 Å². The molecule has 0 saturated carbocycles. The Morgan fingerprint density at radius 2 is 1.80 bits per heavy atom. The summed E-state index contributed by atoms with van der Waals surface area (Å²) in [6.07, 6.45) is 0.531. The summed E-state index contributed by atoms with van der Waals surface area (Å²) in [7, 11) is 0. The van der Waals surface area contributed by atoms with Crippen LogP contribution in [0.1, 0.15) is 41.0 Å². The van der Waals surface area contributed by atoms with Gasteiger partial charge in [-0.05, 0) is 66.9 Å². The van der Waals surface area contributed by atoms with Crippen LogP contribution < -0.4 is 9.64 Å². The lowest BCUT2D eigenvalue weighted by molar-refractivity contribution is -0.142. The highest BCUT2D eigenvalue weighted by Crippen LogP contribution is 2.33. The summed E-state index contributed by atoms with van der Waals surface area (Å²) in [4.78, 5) is 31.0. The number of aromatic amines is 1. The van der Waals surface area contributed by atoms with E-state index in [-0.39, 0.29) is 12.4 Å². The summed E-state index contributed by atoms with van der Waals surface area (Å²) in [6.45, 7) is 6.87. The summed E-state index contributed by atoms with van der Waals surface area (Å²) < 4.78 is 25.0. The second kappa shape index (κ2) is 11.0. The highest BCUT2D eigenvalue weighted by molar-refractivity contribution is 5.82. The molecular weight excluding hydrogens is 521 g/mol. The van der Waals surface area contributed by atoms with Gasteiger partial charge in [0.05, 0.1) is 17.6 Å². The van der Waals surface area contributed by atoms with Gasteiger partial charge in [0.1, 0.15) is 29.8 Å². The van der Waals surface area contributed by atoms with Crippen molar-refractivity contribution in [3.8, 4) is 16.9 Å². The molecule has 41 heavy (non-hydrogen) atoms. The first-order valence-corrected chi connectivity index (χ1v) is 13.5. The Hall–Kier alpha value is -4.79. The van der Waals surface area contributed by atoms with Gasteiger partial charge in [-0.1, -0.05) is 24.3 Å². The van der Waals surface area contributed by atoms with Crippen LogP contribution in [0.5, 0.6) is 5.75 Å². The highest BCUT2D eigenvalue weighted by atomic mass is 19.1. The number of hydrogen-bond acceptors (Lipinski definition) is 7. The number of carbonyl (C=O) groups is 1. The summed E-state index contributed by atoms with van der Waals surface area (Å²) >= 11 is 0. The van der Waals surface area contributed by atoms with E-state index in [1.165, 1.54) is 19.1 Å². The molecule has 208 valence electrons. The van der Waals surface area contributed by atoms with Crippen LogP contribution in [-0.2, 0) is 29.1 Å². The summed E-state index contributed by atoms with van der Waals surface area (Å²) in [6, 6.07) is 18.9. The highest BCUT2D eigenvalue weighted by Gasteiger charge is 2.23. The molecule has 5 aromatic rings. The van der Waals surface area contributed by atoms with Crippen LogP contribution in [0.3, 0.4) is 0 Å². The van der Waals surface area contributed by atoms with Crippen molar-refractivity contribution in [2.75, 3.05) is 18.1 Å². The minimum atomic E-state index is -0.392. The zero-order valence-corrected chi connectivity index (χ0v) is 23.2. The molecule has 2 aromatic heterocycles. The third-order valence-corrected chi connectivity index (χ3v) is 7.21. The van der Waals surface area contributed by atoms with Gasteiger partial charge in [-0.25, -0.2) is 19.3 Å². The fourth-order valence-corrected chi connectivity index (χ4v) is 5.21. The maximum atomic E-state index is 13.6. The van der Waals surface area contributed by atoms with Crippen molar-refractivity contribution >= 4 is 22.8 Å². The molecule has 1 aliphatic heterocycles. The van der Waals surface area contributed by atoms with E-state index in [0.717, 1.165) is 61.9 Å². The standard InChI is InChI=1S/C32H30FN5O3/c1-19-27(14-22-4-8-26(33)9-5-22)32(37-31(34-19)18-41-21(3)39)38-12-13-40-30-11-7-23(15-25(30)17-38)24-6-10-28-29(16-24)36-20(2)35-28/h4-11,15-16H,12-14,17-18H2,1-3H3,(H,35,36). The minimum Gasteiger partial charge on any atom is -0.491 e. The number of aromatic nitrogens is 4. The van der Waals surface area contributed by atoms with E-state index in [2.05, 4.69) is 44.1 Å². The molecule has 0 aliphatic carbocycles. The van der Waals surface area contributed by atoms with Crippen molar-refractivity contribution in [3.63, 3.8) is 0 Å². The van der Waals surface area contributed by atoms with E-state index in [1.807, 2.05) is 26.0 Å². The molecule has 0 saturated heterocycles. The zero-order chi connectivity index (χ0) is 28.5. The number of H-pyrrole nitrogens is 1. The lowest BCUT2D eigenvalue weighted by atomic mass is 10.0. The molecule has 9 heteroatoms. The largest absolute Gasteiger partial charge is 0.491 e. The SMILES string of the molecule is CC(=O)OCc1nc(C)c(Cc2ccc(F)cc2)c(N2CCOc3ccc(-c4ccc5nc(C)[nH]c5c4)cc3C2)n1. The first-order chi connectivity index (χ1) is 19.8. The second-order valence-corrected chi connectivity index (χ2v) is 10.3. The number of benzene rings is 3. The van der Waals surface area contributed by atoms with E-state index >= 15 is 0 Å². The number of imidazole rings is 1. The molecule has 0 bridgehead atoms. The van der Waals surface area contributed by atoms with Gasteiger partial charge >= 0.3 is 5.97 Å². The van der Waals surface area contributed by atoms with Crippen molar-refractivity contribution in [2.24, 2.45) is 0 Å². The zero-order valence-electron chi connectivity index (χ0n) is 23.2. The van der Waals surface area contributed by atoms with Gasteiger partial charge in [0.25, 0.3) is 0 Å². The first kappa shape index (κ1) is 26.4. The Kier molecular flexibility index (Phi) is 7.09. The third-order valence-electron chi connectivity index (χ3n) is 7.21. The van der Waals surface area contributed by atoms with Crippen LogP contribution in [0.25, 0.3) is 22.2 Å². The molecule has 1 aliphatic rings. The smallest absolute Gasteiger partial charge is 0.303 e. The van der Waals surface area contributed by atoms with Crippen LogP contribution in [0.15, 0.2) is 60.7 Å². The maximum Gasteiger partial charge on any atom is 0.303 e. The molecule has 0 fully saturated rings. The Bertz CT molecular complexity index is 1750. The van der Waals surface area contributed by atoms with E-state index in [0.29, 0.717) is 31.9 Å². The molecule has 0 spiro atoms. The molecule has 3 heterocycles. The van der Waals surface area contributed by atoms with Crippen LogP contribution >= 0.6 is 0 Å². The average Bonchev–Trinajstić information content (AvgIpc) is 3.19. The number of nitrogens with zero attached hydrogens (tertiary/aromatic N) is 4. The van der Waals surface area contributed by atoms with Gasteiger partial charge in [0.2, 0.25) is 0 Å². The summed E-state index contributed by atoms with van der Waals surface area (Å²) in [5, 5.41) is 0. The number of fused-ring (bicyclic) bond motifs is 2.